The van der Waals surface area contributed by atoms with E-state index in [0.29, 0.717) is 10.2 Å². The van der Waals surface area contributed by atoms with Gasteiger partial charge in [0.2, 0.25) is 6.79 Å². The van der Waals surface area contributed by atoms with Crippen molar-refractivity contribution in [2.75, 3.05) is 13.4 Å². The van der Waals surface area contributed by atoms with Crippen molar-refractivity contribution in [3.8, 4) is 17.2 Å². The standard InChI is InChI=1S/C24H25BrO6/c1-13(2)17-10-18(15-7-8-20-21(9-15)30-12-29-20)14(3)31-23(17)16-5-4-6-19(25)24(16)28-11-22(26)27/h4-9,14,17-18,23H,1,10-12H2,2-3H3,(H,26,27)/t14-,17+,18-,23+/m0/s1. The molecule has 0 aliphatic carbocycles. The van der Waals surface area contributed by atoms with Crippen molar-refractivity contribution >= 4 is 21.9 Å². The molecule has 1 fully saturated rings. The Morgan fingerprint density at radius 3 is 2.77 bits per heavy atom. The van der Waals surface area contributed by atoms with E-state index in [2.05, 4.69) is 35.5 Å². The van der Waals surface area contributed by atoms with Crippen molar-refractivity contribution in [3.05, 3.63) is 64.1 Å². The molecule has 1 N–H and O–H groups in total. The molecule has 0 bridgehead atoms. The summed E-state index contributed by atoms with van der Waals surface area (Å²) in [5.74, 6) is 1.18. The van der Waals surface area contributed by atoms with Gasteiger partial charge in [-0.05, 0) is 60.0 Å². The topological polar surface area (TPSA) is 74.2 Å². The molecule has 0 amide bonds. The monoisotopic (exact) mass is 488 g/mol. The number of rotatable bonds is 6. The highest BCUT2D eigenvalue weighted by atomic mass is 79.9. The first-order chi connectivity index (χ1) is 14.8. The summed E-state index contributed by atoms with van der Waals surface area (Å²) < 4.78 is 23.9. The van der Waals surface area contributed by atoms with Crippen molar-refractivity contribution < 1.29 is 28.8 Å². The molecule has 31 heavy (non-hydrogen) atoms. The number of carbonyl (C=O) groups is 1. The van der Waals surface area contributed by atoms with Crippen LogP contribution in [0.1, 0.15) is 43.4 Å². The molecule has 0 radical (unpaired) electrons. The van der Waals surface area contributed by atoms with Crippen LogP contribution in [0.3, 0.4) is 0 Å². The molecule has 0 unspecified atom stereocenters. The Labute approximate surface area is 189 Å². The fourth-order valence-corrected chi connectivity index (χ4v) is 4.84. The van der Waals surface area contributed by atoms with Crippen molar-refractivity contribution in [2.45, 2.75) is 38.4 Å². The average molecular weight is 489 g/mol. The number of fused-ring (bicyclic) bond motifs is 1. The van der Waals surface area contributed by atoms with Gasteiger partial charge >= 0.3 is 5.97 Å². The van der Waals surface area contributed by atoms with E-state index in [-0.39, 0.29) is 30.8 Å². The molecule has 2 aromatic rings. The summed E-state index contributed by atoms with van der Waals surface area (Å²) in [6.45, 7) is 8.11. The summed E-state index contributed by atoms with van der Waals surface area (Å²) in [7, 11) is 0. The van der Waals surface area contributed by atoms with Crippen molar-refractivity contribution in [2.24, 2.45) is 5.92 Å². The summed E-state index contributed by atoms with van der Waals surface area (Å²) in [5.41, 5.74) is 2.96. The number of para-hydroxylation sites is 1. The zero-order chi connectivity index (χ0) is 22.1. The molecule has 2 aliphatic heterocycles. The van der Waals surface area contributed by atoms with Crippen molar-refractivity contribution in [1.29, 1.82) is 0 Å². The van der Waals surface area contributed by atoms with Crippen molar-refractivity contribution in [1.82, 2.24) is 0 Å². The third-order valence-corrected chi connectivity index (χ3v) is 6.53. The second-order valence-electron chi connectivity index (χ2n) is 8.01. The first kappa shape index (κ1) is 21.7. The Bertz CT molecular complexity index is 1000. The molecule has 1 saturated heterocycles. The van der Waals surface area contributed by atoms with Gasteiger partial charge in [-0.3, -0.25) is 0 Å². The minimum Gasteiger partial charge on any atom is -0.480 e. The summed E-state index contributed by atoms with van der Waals surface area (Å²) in [6, 6.07) is 11.7. The number of benzene rings is 2. The first-order valence-electron chi connectivity index (χ1n) is 10.2. The van der Waals surface area contributed by atoms with Crippen LogP contribution >= 0.6 is 15.9 Å². The fourth-order valence-electron chi connectivity index (χ4n) is 4.35. The fraction of sp³-hybridized carbons (Fsp3) is 0.375. The molecule has 4 atom stereocenters. The molecule has 0 saturated carbocycles. The molecule has 2 aromatic carbocycles. The maximum atomic E-state index is 11.1. The maximum Gasteiger partial charge on any atom is 0.341 e. The average Bonchev–Trinajstić information content (AvgIpc) is 3.20. The Morgan fingerprint density at radius 1 is 1.26 bits per heavy atom. The smallest absolute Gasteiger partial charge is 0.341 e. The lowest BCUT2D eigenvalue weighted by Crippen LogP contribution is -2.34. The quantitative estimate of drug-likeness (QED) is 0.543. The molecule has 2 aliphatic rings. The largest absolute Gasteiger partial charge is 0.480 e. The van der Waals surface area contributed by atoms with Crippen LogP contribution in [0.5, 0.6) is 17.2 Å². The van der Waals surface area contributed by atoms with E-state index < -0.39 is 12.6 Å². The summed E-state index contributed by atoms with van der Waals surface area (Å²) in [4.78, 5) is 11.1. The van der Waals surface area contributed by atoms with Crippen LogP contribution in [-0.2, 0) is 9.53 Å². The van der Waals surface area contributed by atoms with Gasteiger partial charge in [-0.25, -0.2) is 4.79 Å². The number of hydrogen-bond donors (Lipinski definition) is 1. The third-order valence-electron chi connectivity index (χ3n) is 5.90. The van der Waals surface area contributed by atoms with E-state index in [9.17, 15) is 4.79 Å². The van der Waals surface area contributed by atoms with Crippen LogP contribution in [0.15, 0.2) is 53.0 Å². The van der Waals surface area contributed by atoms with Gasteiger partial charge in [0, 0.05) is 17.4 Å². The van der Waals surface area contributed by atoms with Gasteiger partial charge < -0.3 is 24.1 Å². The summed E-state index contributed by atoms with van der Waals surface area (Å²) >= 11 is 3.49. The van der Waals surface area contributed by atoms with Crippen LogP contribution in [0.25, 0.3) is 0 Å². The molecular formula is C24H25BrO6. The number of aliphatic carboxylic acids is 1. The summed E-state index contributed by atoms with van der Waals surface area (Å²) in [5, 5.41) is 9.07. The van der Waals surface area contributed by atoms with Gasteiger partial charge in [0.15, 0.2) is 18.1 Å². The molecule has 4 rings (SSSR count). The van der Waals surface area contributed by atoms with E-state index in [1.54, 1.807) is 0 Å². The SMILES string of the molecule is C=C(C)[C@H]1C[C@H](c2ccc3c(c2)OCO3)[C@H](C)O[C@@H]1c1cccc(Br)c1OCC(=O)O. The normalized spacial score (nSPS) is 24.6. The highest BCUT2D eigenvalue weighted by molar-refractivity contribution is 9.10. The maximum absolute atomic E-state index is 11.1. The molecule has 0 spiro atoms. The van der Waals surface area contributed by atoms with E-state index in [4.69, 9.17) is 24.1 Å². The van der Waals surface area contributed by atoms with Crippen LogP contribution in [0.2, 0.25) is 0 Å². The second-order valence-corrected chi connectivity index (χ2v) is 8.86. The van der Waals surface area contributed by atoms with Crippen LogP contribution in [0, 0.1) is 5.92 Å². The minimum atomic E-state index is -1.03. The van der Waals surface area contributed by atoms with Crippen LogP contribution in [-0.4, -0.2) is 30.6 Å². The molecule has 164 valence electrons. The lowest BCUT2D eigenvalue weighted by molar-refractivity contribution is -0.139. The molecule has 2 heterocycles. The minimum absolute atomic E-state index is 0.0353. The van der Waals surface area contributed by atoms with Gasteiger partial charge in [0.05, 0.1) is 16.7 Å². The Balaban J connectivity index is 1.65. The number of ether oxygens (including phenoxy) is 4. The van der Waals surface area contributed by atoms with Gasteiger partial charge in [0.25, 0.3) is 0 Å². The zero-order valence-corrected chi connectivity index (χ0v) is 19.1. The number of carboxylic acid groups (broad SMARTS) is 1. The zero-order valence-electron chi connectivity index (χ0n) is 17.5. The van der Waals surface area contributed by atoms with Crippen LogP contribution < -0.4 is 14.2 Å². The predicted molar refractivity (Wildman–Crippen MR) is 119 cm³/mol. The van der Waals surface area contributed by atoms with Gasteiger partial charge in [0.1, 0.15) is 5.75 Å². The van der Waals surface area contributed by atoms with Gasteiger partial charge in [-0.15, -0.1) is 0 Å². The number of carboxylic acids is 1. The molecular weight excluding hydrogens is 464 g/mol. The van der Waals surface area contributed by atoms with Crippen LogP contribution in [0.4, 0.5) is 0 Å². The van der Waals surface area contributed by atoms with E-state index in [1.807, 2.05) is 37.3 Å². The highest BCUT2D eigenvalue weighted by Gasteiger charge is 2.39. The first-order valence-corrected chi connectivity index (χ1v) is 11.0. The van der Waals surface area contributed by atoms with E-state index in [0.717, 1.165) is 34.6 Å². The molecule has 6 nitrogen and oxygen atoms in total. The summed E-state index contributed by atoms with van der Waals surface area (Å²) in [6.07, 6.45) is 0.470. The predicted octanol–water partition coefficient (Wildman–Crippen LogP) is 5.47. The second kappa shape index (κ2) is 8.93. The molecule has 7 heteroatoms. The molecule has 0 aromatic heterocycles. The lowest BCUT2D eigenvalue weighted by Gasteiger charge is -2.42. The van der Waals surface area contributed by atoms with Gasteiger partial charge in [-0.1, -0.05) is 30.4 Å². The number of halogens is 1. The van der Waals surface area contributed by atoms with Crippen molar-refractivity contribution in [3.63, 3.8) is 0 Å². The number of hydrogen-bond acceptors (Lipinski definition) is 5. The van der Waals surface area contributed by atoms with Gasteiger partial charge in [-0.2, -0.15) is 0 Å². The Kier molecular flexibility index (Phi) is 6.25. The third kappa shape index (κ3) is 4.43. The lowest BCUT2D eigenvalue weighted by atomic mass is 9.76. The Hall–Kier alpha value is -2.51. The Morgan fingerprint density at radius 2 is 2.03 bits per heavy atom. The van der Waals surface area contributed by atoms with E-state index in [1.165, 1.54) is 0 Å². The van der Waals surface area contributed by atoms with E-state index >= 15 is 0 Å². The highest BCUT2D eigenvalue weighted by Crippen LogP contribution is 2.50.